The summed E-state index contributed by atoms with van der Waals surface area (Å²) in [5.74, 6) is -0.0814. The molecule has 104 valence electrons. The first-order valence-electron chi connectivity index (χ1n) is 6.73. The Morgan fingerprint density at radius 2 is 2.00 bits per heavy atom. The summed E-state index contributed by atoms with van der Waals surface area (Å²) < 4.78 is 0. The number of nitrogens with zero attached hydrogens (tertiary/aromatic N) is 1. The van der Waals surface area contributed by atoms with E-state index in [0.29, 0.717) is 12.1 Å². The molecular weight excluding hydrogens is 250 g/mol. The van der Waals surface area contributed by atoms with E-state index in [1.165, 1.54) is 0 Å². The largest absolute Gasteiger partial charge is 0.385 e. The lowest BCUT2D eigenvalue weighted by Crippen LogP contribution is -2.24. The van der Waals surface area contributed by atoms with Gasteiger partial charge in [0.25, 0.3) is 5.91 Å². The fraction of sp³-hybridized carbons (Fsp3) is 0.250. The molecule has 0 saturated heterocycles. The normalized spacial score (nSPS) is 10.1. The fourth-order valence-corrected chi connectivity index (χ4v) is 1.91. The highest BCUT2D eigenvalue weighted by atomic mass is 16.1. The Kier molecular flexibility index (Phi) is 4.71. The Morgan fingerprint density at radius 1 is 1.20 bits per heavy atom. The summed E-state index contributed by atoms with van der Waals surface area (Å²) in [6.45, 7) is 5.21. The molecule has 0 bridgehead atoms. The van der Waals surface area contributed by atoms with E-state index in [1.54, 1.807) is 6.20 Å². The average molecular weight is 269 g/mol. The first-order chi connectivity index (χ1) is 9.70. The summed E-state index contributed by atoms with van der Waals surface area (Å²) in [5, 5.41) is 6.10. The lowest BCUT2D eigenvalue weighted by Gasteiger charge is -2.11. The number of nitrogens with one attached hydrogen (secondary N) is 2. The van der Waals surface area contributed by atoms with Crippen molar-refractivity contribution >= 4 is 11.6 Å². The fourth-order valence-electron chi connectivity index (χ4n) is 1.91. The van der Waals surface area contributed by atoms with Crippen LogP contribution in [0.5, 0.6) is 0 Å². The van der Waals surface area contributed by atoms with Gasteiger partial charge < -0.3 is 10.6 Å². The van der Waals surface area contributed by atoms with Crippen molar-refractivity contribution < 1.29 is 4.79 Å². The maximum absolute atomic E-state index is 12.2. The summed E-state index contributed by atoms with van der Waals surface area (Å²) >= 11 is 0. The molecule has 0 radical (unpaired) electrons. The molecule has 0 atom stereocenters. The molecule has 0 aliphatic rings. The minimum atomic E-state index is -0.0814. The molecule has 4 heteroatoms. The summed E-state index contributed by atoms with van der Waals surface area (Å²) in [6, 6.07) is 11.4. The van der Waals surface area contributed by atoms with Crippen LogP contribution in [0.1, 0.15) is 28.5 Å². The lowest BCUT2D eigenvalue weighted by molar-refractivity contribution is 0.0951. The molecule has 0 aliphatic carbocycles. The van der Waals surface area contributed by atoms with Crippen LogP contribution >= 0.6 is 0 Å². The van der Waals surface area contributed by atoms with Gasteiger partial charge in [0.1, 0.15) is 0 Å². The van der Waals surface area contributed by atoms with E-state index in [-0.39, 0.29) is 5.91 Å². The number of aryl methyl sites for hydroxylation is 1. The van der Waals surface area contributed by atoms with Gasteiger partial charge in [-0.25, -0.2) is 0 Å². The van der Waals surface area contributed by atoms with Crippen LogP contribution in [0.3, 0.4) is 0 Å². The highest BCUT2D eigenvalue weighted by molar-refractivity contribution is 5.99. The number of hydrogen-bond acceptors (Lipinski definition) is 3. The molecule has 4 nitrogen and oxygen atoms in total. The highest BCUT2D eigenvalue weighted by Gasteiger charge is 2.09. The summed E-state index contributed by atoms with van der Waals surface area (Å²) in [6.07, 6.45) is 1.78. The number of rotatable bonds is 5. The second-order valence-electron chi connectivity index (χ2n) is 4.57. The van der Waals surface area contributed by atoms with Gasteiger partial charge in [0, 0.05) is 30.7 Å². The molecule has 0 spiro atoms. The van der Waals surface area contributed by atoms with Crippen molar-refractivity contribution in [2.75, 3.05) is 11.9 Å². The van der Waals surface area contributed by atoms with Gasteiger partial charge in [-0.1, -0.05) is 18.2 Å². The van der Waals surface area contributed by atoms with Gasteiger partial charge in [-0.05, 0) is 37.6 Å². The second-order valence-corrected chi connectivity index (χ2v) is 4.57. The quantitative estimate of drug-likeness (QED) is 0.877. The molecule has 2 aromatic rings. The summed E-state index contributed by atoms with van der Waals surface area (Å²) in [7, 11) is 0. The van der Waals surface area contributed by atoms with Crippen molar-refractivity contribution in [3.05, 3.63) is 59.4 Å². The van der Waals surface area contributed by atoms with Crippen LogP contribution in [-0.4, -0.2) is 17.4 Å². The standard InChI is InChI=1S/C16H19N3O/c1-3-17-15-7-5-4-6-14(15)16(20)19-11-13-9-8-12(2)18-10-13/h4-10,17H,3,11H2,1-2H3,(H,19,20). The number of anilines is 1. The number of hydrogen-bond donors (Lipinski definition) is 2. The third-order valence-corrected chi connectivity index (χ3v) is 2.96. The van der Waals surface area contributed by atoms with E-state index in [2.05, 4.69) is 15.6 Å². The van der Waals surface area contributed by atoms with E-state index in [0.717, 1.165) is 23.5 Å². The minimum absolute atomic E-state index is 0.0814. The molecule has 2 N–H and O–H groups in total. The van der Waals surface area contributed by atoms with Crippen LogP contribution in [-0.2, 0) is 6.54 Å². The predicted molar refractivity (Wildman–Crippen MR) is 80.7 cm³/mol. The SMILES string of the molecule is CCNc1ccccc1C(=O)NCc1ccc(C)nc1. The Hall–Kier alpha value is -2.36. The van der Waals surface area contributed by atoms with Gasteiger partial charge in [-0.3, -0.25) is 9.78 Å². The average Bonchev–Trinajstić information content (AvgIpc) is 2.47. The maximum atomic E-state index is 12.2. The second kappa shape index (κ2) is 6.70. The predicted octanol–water partition coefficient (Wildman–Crippen LogP) is 2.75. The summed E-state index contributed by atoms with van der Waals surface area (Å²) in [4.78, 5) is 16.4. The minimum Gasteiger partial charge on any atom is -0.385 e. The van der Waals surface area contributed by atoms with E-state index in [9.17, 15) is 4.79 Å². The molecule has 2 rings (SSSR count). The number of benzene rings is 1. The Bertz CT molecular complexity index is 579. The lowest BCUT2D eigenvalue weighted by atomic mass is 10.1. The van der Waals surface area contributed by atoms with Gasteiger partial charge in [-0.2, -0.15) is 0 Å². The number of carbonyl (C=O) groups is 1. The molecule has 0 saturated carbocycles. The highest BCUT2D eigenvalue weighted by Crippen LogP contribution is 2.14. The van der Waals surface area contributed by atoms with Crippen LogP contribution in [0.15, 0.2) is 42.6 Å². The van der Waals surface area contributed by atoms with Crippen molar-refractivity contribution in [2.24, 2.45) is 0 Å². The Morgan fingerprint density at radius 3 is 2.70 bits per heavy atom. The molecule has 0 aliphatic heterocycles. The third kappa shape index (κ3) is 3.57. The maximum Gasteiger partial charge on any atom is 0.253 e. The van der Waals surface area contributed by atoms with E-state index >= 15 is 0 Å². The third-order valence-electron chi connectivity index (χ3n) is 2.96. The van der Waals surface area contributed by atoms with E-state index in [1.807, 2.05) is 50.2 Å². The van der Waals surface area contributed by atoms with Crippen LogP contribution in [0, 0.1) is 6.92 Å². The first kappa shape index (κ1) is 14.1. The molecule has 0 unspecified atom stereocenters. The zero-order valence-electron chi connectivity index (χ0n) is 11.8. The number of carbonyl (C=O) groups excluding carboxylic acids is 1. The van der Waals surface area contributed by atoms with E-state index in [4.69, 9.17) is 0 Å². The van der Waals surface area contributed by atoms with Crippen molar-refractivity contribution in [2.45, 2.75) is 20.4 Å². The van der Waals surface area contributed by atoms with Crippen molar-refractivity contribution in [3.63, 3.8) is 0 Å². The summed E-state index contributed by atoms with van der Waals surface area (Å²) in [5.41, 5.74) is 3.48. The van der Waals surface area contributed by atoms with Gasteiger partial charge >= 0.3 is 0 Å². The topological polar surface area (TPSA) is 54.0 Å². The molecule has 1 heterocycles. The molecule has 1 aromatic carbocycles. The van der Waals surface area contributed by atoms with Crippen molar-refractivity contribution in [3.8, 4) is 0 Å². The number of aromatic nitrogens is 1. The van der Waals surface area contributed by atoms with Crippen molar-refractivity contribution in [1.29, 1.82) is 0 Å². The van der Waals surface area contributed by atoms with E-state index < -0.39 is 0 Å². The van der Waals surface area contributed by atoms with Crippen LogP contribution in [0.2, 0.25) is 0 Å². The smallest absolute Gasteiger partial charge is 0.253 e. The van der Waals surface area contributed by atoms with Crippen molar-refractivity contribution in [1.82, 2.24) is 10.3 Å². The van der Waals surface area contributed by atoms with Crippen LogP contribution in [0.4, 0.5) is 5.69 Å². The van der Waals surface area contributed by atoms with Gasteiger partial charge in [0.05, 0.1) is 5.56 Å². The van der Waals surface area contributed by atoms with Gasteiger partial charge in [-0.15, -0.1) is 0 Å². The first-order valence-corrected chi connectivity index (χ1v) is 6.73. The number of amides is 1. The monoisotopic (exact) mass is 269 g/mol. The number of para-hydroxylation sites is 1. The zero-order chi connectivity index (χ0) is 14.4. The van der Waals surface area contributed by atoms with Crippen LogP contribution < -0.4 is 10.6 Å². The molecule has 1 aromatic heterocycles. The van der Waals surface area contributed by atoms with Crippen LogP contribution in [0.25, 0.3) is 0 Å². The molecular formula is C16H19N3O. The molecule has 0 fully saturated rings. The number of pyridine rings is 1. The molecule has 20 heavy (non-hydrogen) atoms. The Labute approximate surface area is 119 Å². The van der Waals surface area contributed by atoms with Gasteiger partial charge in [0.2, 0.25) is 0 Å². The Balaban J connectivity index is 2.03. The zero-order valence-corrected chi connectivity index (χ0v) is 11.8. The molecule has 1 amide bonds. The van der Waals surface area contributed by atoms with Gasteiger partial charge in [0.15, 0.2) is 0 Å².